The Balaban J connectivity index is 1.81. The van der Waals surface area contributed by atoms with E-state index in [1.54, 1.807) is 13.8 Å². The molecule has 0 aromatic heterocycles. The van der Waals surface area contributed by atoms with Crippen molar-refractivity contribution in [2.24, 2.45) is 5.92 Å². The normalized spacial score (nSPS) is 19.0. The molecule has 1 aliphatic rings. The molecule has 0 saturated carbocycles. The summed E-state index contributed by atoms with van der Waals surface area (Å²) in [6.07, 6.45) is 0.486. The SMILES string of the molecule is CC(C)[C@H](NC(=O)Cc1ccccc1)C(=O)OCC(=O)NC1CCS(=O)(=O)C1. The van der Waals surface area contributed by atoms with Crippen molar-refractivity contribution in [3.05, 3.63) is 35.9 Å². The van der Waals surface area contributed by atoms with Crippen molar-refractivity contribution in [2.45, 2.75) is 38.8 Å². The summed E-state index contributed by atoms with van der Waals surface area (Å²) in [6.45, 7) is 3.00. The third-order valence-electron chi connectivity index (χ3n) is 4.39. The van der Waals surface area contributed by atoms with E-state index in [9.17, 15) is 22.8 Å². The summed E-state index contributed by atoms with van der Waals surface area (Å²) in [4.78, 5) is 36.4. The minimum absolute atomic E-state index is 0.0423. The topological polar surface area (TPSA) is 119 Å². The van der Waals surface area contributed by atoms with Crippen molar-refractivity contribution < 1.29 is 27.5 Å². The van der Waals surface area contributed by atoms with E-state index in [4.69, 9.17) is 4.74 Å². The zero-order valence-corrected chi connectivity index (χ0v) is 16.8. The molecule has 2 atom stereocenters. The van der Waals surface area contributed by atoms with Gasteiger partial charge in [0.15, 0.2) is 16.4 Å². The van der Waals surface area contributed by atoms with Crippen LogP contribution >= 0.6 is 0 Å². The predicted octanol–water partition coefficient (Wildman–Crippen LogP) is 0.216. The van der Waals surface area contributed by atoms with Crippen molar-refractivity contribution in [1.29, 1.82) is 0 Å². The fourth-order valence-corrected chi connectivity index (χ4v) is 4.58. The maximum atomic E-state index is 12.3. The quantitative estimate of drug-likeness (QED) is 0.592. The van der Waals surface area contributed by atoms with Crippen LogP contribution < -0.4 is 10.6 Å². The Labute approximate surface area is 164 Å². The van der Waals surface area contributed by atoms with Crippen LogP contribution in [0.5, 0.6) is 0 Å². The second kappa shape index (κ2) is 9.68. The average molecular weight is 410 g/mol. The van der Waals surface area contributed by atoms with Crippen LogP contribution in [0.4, 0.5) is 0 Å². The second-order valence-corrected chi connectivity index (χ2v) is 9.46. The van der Waals surface area contributed by atoms with Gasteiger partial charge in [-0.25, -0.2) is 13.2 Å². The van der Waals surface area contributed by atoms with Gasteiger partial charge in [-0.3, -0.25) is 9.59 Å². The zero-order valence-electron chi connectivity index (χ0n) is 16.0. The first kappa shape index (κ1) is 21.9. The molecule has 8 nitrogen and oxygen atoms in total. The molecule has 2 rings (SSSR count). The predicted molar refractivity (Wildman–Crippen MR) is 103 cm³/mol. The highest BCUT2D eigenvalue weighted by molar-refractivity contribution is 7.91. The molecule has 1 saturated heterocycles. The van der Waals surface area contributed by atoms with Gasteiger partial charge in [0, 0.05) is 6.04 Å². The molecule has 1 heterocycles. The Morgan fingerprint density at radius 2 is 1.82 bits per heavy atom. The van der Waals surface area contributed by atoms with Crippen molar-refractivity contribution in [3.63, 3.8) is 0 Å². The summed E-state index contributed by atoms with van der Waals surface area (Å²) in [7, 11) is -3.11. The molecule has 154 valence electrons. The lowest BCUT2D eigenvalue weighted by atomic mass is 10.0. The first-order chi connectivity index (χ1) is 13.2. The minimum atomic E-state index is -3.11. The molecule has 0 aliphatic carbocycles. The Kier molecular flexibility index (Phi) is 7.56. The summed E-state index contributed by atoms with van der Waals surface area (Å²) in [6, 6.07) is 7.79. The molecule has 1 unspecified atom stereocenters. The molecule has 0 spiro atoms. The van der Waals surface area contributed by atoms with Gasteiger partial charge in [0.05, 0.1) is 17.9 Å². The molecule has 28 heavy (non-hydrogen) atoms. The highest BCUT2D eigenvalue weighted by Crippen LogP contribution is 2.11. The van der Waals surface area contributed by atoms with Crippen LogP contribution in [0.3, 0.4) is 0 Å². The van der Waals surface area contributed by atoms with Crippen LogP contribution in [0.1, 0.15) is 25.8 Å². The number of amides is 2. The lowest BCUT2D eigenvalue weighted by Crippen LogP contribution is -2.47. The molecule has 1 fully saturated rings. The molecule has 0 radical (unpaired) electrons. The Morgan fingerprint density at radius 3 is 2.39 bits per heavy atom. The van der Waals surface area contributed by atoms with Crippen LogP contribution in [0.15, 0.2) is 30.3 Å². The highest BCUT2D eigenvalue weighted by atomic mass is 32.2. The van der Waals surface area contributed by atoms with Crippen LogP contribution in [0, 0.1) is 5.92 Å². The smallest absolute Gasteiger partial charge is 0.329 e. The molecule has 1 aliphatic heterocycles. The van der Waals surface area contributed by atoms with Gasteiger partial charge in [0.1, 0.15) is 6.04 Å². The summed E-state index contributed by atoms with van der Waals surface area (Å²) >= 11 is 0. The van der Waals surface area contributed by atoms with Crippen molar-refractivity contribution in [2.75, 3.05) is 18.1 Å². The Hall–Kier alpha value is -2.42. The fourth-order valence-electron chi connectivity index (χ4n) is 2.91. The second-order valence-electron chi connectivity index (χ2n) is 7.23. The first-order valence-electron chi connectivity index (χ1n) is 9.16. The van der Waals surface area contributed by atoms with Crippen molar-refractivity contribution >= 4 is 27.6 Å². The standard InChI is InChI=1S/C19H26N2O6S/c1-13(2)18(21-16(22)10-14-6-4-3-5-7-14)19(24)27-11-17(23)20-15-8-9-28(25,26)12-15/h3-7,13,15,18H,8-12H2,1-2H3,(H,20,23)(H,21,22)/t15?,18-/m0/s1. The monoisotopic (exact) mass is 410 g/mol. The van der Waals surface area contributed by atoms with Gasteiger partial charge in [-0.1, -0.05) is 44.2 Å². The average Bonchev–Trinajstić information content (AvgIpc) is 2.96. The van der Waals surface area contributed by atoms with Gasteiger partial charge in [-0.15, -0.1) is 0 Å². The van der Waals surface area contributed by atoms with E-state index in [1.165, 1.54) is 0 Å². The number of carbonyl (C=O) groups excluding carboxylic acids is 3. The number of hydrogen-bond donors (Lipinski definition) is 2. The number of benzene rings is 1. The van der Waals surface area contributed by atoms with E-state index in [0.717, 1.165) is 5.56 Å². The summed E-state index contributed by atoms with van der Waals surface area (Å²) in [5.74, 6) is -1.87. The van der Waals surface area contributed by atoms with Crippen LogP contribution in [0.2, 0.25) is 0 Å². The van der Waals surface area contributed by atoms with E-state index >= 15 is 0 Å². The van der Waals surface area contributed by atoms with Gasteiger partial charge in [0.25, 0.3) is 5.91 Å². The fraction of sp³-hybridized carbons (Fsp3) is 0.526. The van der Waals surface area contributed by atoms with Crippen LogP contribution in [0.25, 0.3) is 0 Å². The first-order valence-corrected chi connectivity index (χ1v) is 11.0. The number of hydrogen-bond acceptors (Lipinski definition) is 6. The lowest BCUT2D eigenvalue weighted by molar-refractivity contribution is -0.152. The Bertz CT molecular complexity index is 807. The number of carbonyl (C=O) groups is 3. The highest BCUT2D eigenvalue weighted by Gasteiger charge is 2.30. The number of rotatable bonds is 8. The largest absolute Gasteiger partial charge is 0.454 e. The summed E-state index contributed by atoms with van der Waals surface area (Å²) in [5, 5.41) is 5.20. The zero-order chi connectivity index (χ0) is 20.7. The molecule has 2 amide bonds. The Morgan fingerprint density at radius 1 is 1.14 bits per heavy atom. The molecular weight excluding hydrogens is 384 g/mol. The minimum Gasteiger partial charge on any atom is -0.454 e. The molecule has 1 aromatic carbocycles. The number of ether oxygens (including phenoxy) is 1. The number of sulfone groups is 1. The maximum absolute atomic E-state index is 12.3. The summed E-state index contributed by atoms with van der Waals surface area (Å²) < 4.78 is 27.8. The van der Waals surface area contributed by atoms with E-state index in [-0.39, 0.29) is 29.8 Å². The molecular formula is C19H26N2O6S. The van der Waals surface area contributed by atoms with E-state index in [2.05, 4.69) is 10.6 Å². The van der Waals surface area contributed by atoms with E-state index in [0.29, 0.717) is 6.42 Å². The van der Waals surface area contributed by atoms with Gasteiger partial charge in [0.2, 0.25) is 5.91 Å². The maximum Gasteiger partial charge on any atom is 0.329 e. The van der Waals surface area contributed by atoms with Crippen LogP contribution in [-0.4, -0.2) is 56.4 Å². The molecule has 2 N–H and O–H groups in total. The molecule has 9 heteroatoms. The van der Waals surface area contributed by atoms with Crippen molar-refractivity contribution in [3.8, 4) is 0 Å². The van der Waals surface area contributed by atoms with Crippen LogP contribution in [-0.2, 0) is 35.4 Å². The van der Waals surface area contributed by atoms with Crippen molar-refractivity contribution in [1.82, 2.24) is 10.6 Å². The number of esters is 1. The molecule has 0 bridgehead atoms. The van der Waals surface area contributed by atoms with Gasteiger partial charge >= 0.3 is 5.97 Å². The third-order valence-corrected chi connectivity index (χ3v) is 6.16. The van der Waals surface area contributed by atoms with E-state index in [1.807, 2.05) is 30.3 Å². The van der Waals surface area contributed by atoms with E-state index < -0.39 is 40.4 Å². The lowest BCUT2D eigenvalue weighted by Gasteiger charge is -2.21. The molecule has 1 aromatic rings. The van der Waals surface area contributed by atoms with Gasteiger partial charge in [-0.2, -0.15) is 0 Å². The van der Waals surface area contributed by atoms with Gasteiger partial charge in [-0.05, 0) is 17.9 Å². The third kappa shape index (κ3) is 6.95. The summed E-state index contributed by atoms with van der Waals surface area (Å²) in [5.41, 5.74) is 0.821. The number of nitrogens with one attached hydrogen (secondary N) is 2. The van der Waals surface area contributed by atoms with Gasteiger partial charge < -0.3 is 15.4 Å².